The molecule has 190 valence electrons. The molecule has 1 unspecified atom stereocenters. The summed E-state index contributed by atoms with van der Waals surface area (Å²) in [4.78, 5) is 14.8. The molecule has 36 heavy (non-hydrogen) atoms. The van der Waals surface area contributed by atoms with Gasteiger partial charge in [-0.25, -0.2) is 0 Å². The van der Waals surface area contributed by atoms with Crippen molar-refractivity contribution in [1.29, 1.82) is 0 Å². The van der Waals surface area contributed by atoms with Gasteiger partial charge in [0, 0.05) is 13.6 Å². The maximum absolute atomic E-state index is 13.1. The Labute approximate surface area is 216 Å². The van der Waals surface area contributed by atoms with Crippen LogP contribution >= 0.6 is 11.7 Å². The van der Waals surface area contributed by atoms with Crippen molar-refractivity contribution in [3.63, 3.8) is 0 Å². The largest absolute Gasteiger partial charge is 0.505 e. The second-order valence-electron chi connectivity index (χ2n) is 10.2. The minimum absolute atomic E-state index is 0.124. The van der Waals surface area contributed by atoms with Crippen molar-refractivity contribution in [3.05, 3.63) is 71.7 Å². The zero-order chi connectivity index (χ0) is 25.9. The van der Waals surface area contributed by atoms with Crippen LogP contribution in [0.2, 0.25) is 0 Å². The Hall–Kier alpha value is -3.59. The third-order valence-corrected chi connectivity index (χ3v) is 6.65. The minimum atomic E-state index is -0.241. The number of allylic oxidation sites excluding steroid dienone is 3. The summed E-state index contributed by atoms with van der Waals surface area (Å²) >= 11 is 1.05. The lowest BCUT2D eigenvalue weighted by atomic mass is 9.85. The van der Waals surface area contributed by atoms with Crippen molar-refractivity contribution in [2.45, 2.75) is 40.2 Å². The third-order valence-electron chi connectivity index (χ3n) is 6.13. The van der Waals surface area contributed by atoms with Crippen molar-refractivity contribution >= 4 is 35.0 Å². The van der Waals surface area contributed by atoms with Gasteiger partial charge in [0.15, 0.2) is 17.4 Å². The van der Waals surface area contributed by atoms with Gasteiger partial charge in [0.25, 0.3) is 5.91 Å². The average Bonchev–Trinajstić information content (AvgIpc) is 3.46. The summed E-state index contributed by atoms with van der Waals surface area (Å²) in [5.41, 5.74) is 0.439. The fourth-order valence-electron chi connectivity index (χ4n) is 4.18. The van der Waals surface area contributed by atoms with E-state index in [2.05, 4.69) is 52.3 Å². The molecule has 0 spiro atoms. The molecule has 0 fully saturated rings. The molecule has 1 amide bonds. The van der Waals surface area contributed by atoms with Crippen LogP contribution < -0.4 is 10.6 Å². The highest BCUT2D eigenvalue weighted by Gasteiger charge is 2.31. The molecule has 8 nitrogen and oxygen atoms in total. The zero-order valence-corrected chi connectivity index (χ0v) is 22.1. The Morgan fingerprint density at radius 3 is 2.67 bits per heavy atom. The minimum Gasteiger partial charge on any atom is -0.505 e. The Bertz CT molecular complexity index is 1270. The van der Waals surface area contributed by atoms with Crippen LogP contribution in [0, 0.1) is 18.3 Å². The van der Waals surface area contributed by atoms with E-state index < -0.39 is 0 Å². The number of amides is 1. The van der Waals surface area contributed by atoms with Gasteiger partial charge in [0.1, 0.15) is 11.5 Å². The summed E-state index contributed by atoms with van der Waals surface area (Å²) in [6.07, 6.45) is 9.09. The summed E-state index contributed by atoms with van der Waals surface area (Å²) in [5, 5.41) is 17.6. The van der Waals surface area contributed by atoms with Crippen molar-refractivity contribution in [3.8, 4) is 5.75 Å². The molecule has 1 aliphatic rings. The van der Waals surface area contributed by atoms with Crippen molar-refractivity contribution in [1.82, 2.24) is 13.6 Å². The van der Waals surface area contributed by atoms with E-state index in [1.807, 2.05) is 31.2 Å². The highest BCUT2D eigenvalue weighted by molar-refractivity contribution is 6.99. The van der Waals surface area contributed by atoms with Crippen molar-refractivity contribution in [2.75, 3.05) is 24.2 Å². The zero-order valence-electron chi connectivity index (χ0n) is 21.3. The molecule has 0 radical (unpaired) electrons. The highest BCUT2D eigenvalue weighted by Crippen LogP contribution is 2.39. The van der Waals surface area contributed by atoms with E-state index in [-0.39, 0.29) is 34.6 Å². The molecular formula is C27H33N5O3S. The number of phenols is 1. The standard InChI is InChI=1S/C27H33N5O3S/c1-17-14-15-21(35-17)23(27(2,3)4)29-25-24(30-36-31-25)28-20-13-9-12-19(22(20)33)26(34)32(5)16-18-10-7-6-8-11-18/h6-10,12-15,18,23,33H,11,16H2,1-5H3,(H,28,30)(H,29,31)/t18?,23-/m0/s1. The molecule has 2 aromatic heterocycles. The number of aromatic hydroxyl groups is 1. The van der Waals surface area contributed by atoms with E-state index in [0.29, 0.717) is 23.9 Å². The summed E-state index contributed by atoms with van der Waals surface area (Å²) in [5.74, 6) is 2.54. The average molecular weight is 508 g/mol. The first-order valence-corrected chi connectivity index (χ1v) is 12.7. The second-order valence-corrected chi connectivity index (χ2v) is 10.7. The lowest BCUT2D eigenvalue weighted by molar-refractivity contribution is 0.0778. The van der Waals surface area contributed by atoms with Gasteiger partial charge in [0.2, 0.25) is 0 Å². The number of nitrogens with zero attached hydrogens (tertiary/aromatic N) is 3. The van der Waals surface area contributed by atoms with E-state index in [1.165, 1.54) is 0 Å². The van der Waals surface area contributed by atoms with Crippen LogP contribution in [-0.4, -0.2) is 38.3 Å². The van der Waals surface area contributed by atoms with Crippen LogP contribution in [0.3, 0.4) is 0 Å². The van der Waals surface area contributed by atoms with Crippen molar-refractivity contribution < 1.29 is 14.3 Å². The summed E-state index contributed by atoms with van der Waals surface area (Å²) in [6.45, 7) is 8.84. The SMILES string of the molecule is Cc1ccc([C@H](Nc2nsnc2Nc2cccc(C(=O)N(C)CC3C=CC=CC3)c2O)C(C)(C)C)o1. The molecule has 0 aliphatic heterocycles. The van der Waals surface area contributed by atoms with Crippen LogP contribution in [0.4, 0.5) is 17.3 Å². The van der Waals surface area contributed by atoms with Crippen LogP contribution in [0.5, 0.6) is 5.75 Å². The third kappa shape index (κ3) is 5.79. The quantitative estimate of drug-likeness (QED) is 0.308. The van der Waals surface area contributed by atoms with Crippen LogP contribution in [0.25, 0.3) is 0 Å². The molecule has 0 saturated heterocycles. The number of rotatable bonds is 8. The molecule has 0 bridgehead atoms. The van der Waals surface area contributed by atoms with Crippen LogP contribution in [0.1, 0.15) is 55.1 Å². The van der Waals surface area contributed by atoms with Gasteiger partial charge >= 0.3 is 0 Å². The predicted molar refractivity (Wildman–Crippen MR) is 144 cm³/mol. The fourth-order valence-corrected chi connectivity index (χ4v) is 4.65. The summed E-state index contributed by atoms with van der Waals surface area (Å²) in [7, 11) is 1.75. The molecule has 1 aliphatic carbocycles. The number of para-hydroxylation sites is 1. The van der Waals surface area contributed by atoms with Crippen LogP contribution in [-0.2, 0) is 0 Å². The second kappa shape index (κ2) is 10.6. The van der Waals surface area contributed by atoms with Gasteiger partial charge in [-0.05, 0) is 48.9 Å². The Kier molecular flexibility index (Phi) is 7.49. The lowest BCUT2D eigenvalue weighted by Crippen LogP contribution is -2.31. The number of carbonyl (C=O) groups is 1. The number of anilines is 3. The Morgan fingerprint density at radius 2 is 2.00 bits per heavy atom. The maximum atomic E-state index is 13.1. The van der Waals surface area contributed by atoms with Gasteiger partial charge in [-0.1, -0.05) is 51.1 Å². The van der Waals surface area contributed by atoms with E-state index >= 15 is 0 Å². The maximum Gasteiger partial charge on any atom is 0.257 e. The predicted octanol–water partition coefficient (Wildman–Crippen LogP) is 6.29. The fraction of sp³-hybridized carbons (Fsp3) is 0.370. The molecule has 2 heterocycles. The number of benzene rings is 1. The van der Waals surface area contributed by atoms with Gasteiger partial charge in [-0.2, -0.15) is 8.75 Å². The molecule has 3 N–H and O–H groups in total. The number of aromatic nitrogens is 2. The smallest absolute Gasteiger partial charge is 0.257 e. The Balaban J connectivity index is 1.52. The molecule has 3 aromatic rings. The normalized spacial score (nSPS) is 16.1. The number of nitrogens with one attached hydrogen (secondary N) is 2. The topological polar surface area (TPSA) is 104 Å². The molecule has 9 heteroatoms. The first kappa shape index (κ1) is 25.5. The summed E-state index contributed by atoms with van der Waals surface area (Å²) in [6, 6.07) is 8.82. The molecule has 2 atom stereocenters. The summed E-state index contributed by atoms with van der Waals surface area (Å²) < 4.78 is 14.7. The van der Waals surface area contributed by atoms with Gasteiger partial charge in [0.05, 0.1) is 29.0 Å². The number of hydrogen-bond acceptors (Lipinski definition) is 8. The van der Waals surface area contributed by atoms with E-state index in [0.717, 1.165) is 29.7 Å². The van der Waals surface area contributed by atoms with E-state index in [1.54, 1.807) is 30.1 Å². The van der Waals surface area contributed by atoms with Gasteiger partial charge in [-0.3, -0.25) is 4.79 Å². The highest BCUT2D eigenvalue weighted by atomic mass is 32.1. The molecular weight excluding hydrogens is 474 g/mol. The van der Waals surface area contributed by atoms with E-state index in [4.69, 9.17) is 4.42 Å². The molecule has 4 rings (SSSR count). The number of carbonyl (C=O) groups excluding carboxylic acids is 1. The number of aryl methyl sites for hydroxylation is 1. The monoisotopic (exact) mass is 507 g/mol. The molecule has 1 aromatic carbocycles. The number of hydrogen-bond donors (Lipinski definition) is 3. The van der Waals surface area contributed by atoms with Gasteiger partial charge < -0.3 is 25.1 Å². The van der Waals surface area contributed by atoms with Gasteiger partial charge in [-0.15, -0.1) is 0 Å². The Morgan fingerprint density at radius 1 is 1.22 bits per heavy atom. The number of phenolic OH excluding ortho intramolecular Hbond substituents is 1. The first-order valence-electron chi connectivity index (χ1n) is 12.0. The molecule has 0 saturated carbocycles. The lowest BCUT2D eigenvalue weighted by Gasteiger charge is -2.30. The van der Waals surface area contributed by atoms with Crippen LogP contribution in [0.15, 0.2) is 59.1 Å². The number of furan rings is 1. The van der Waals surface area contributed by atoms with E-state index in [9.17, 15) is 9.90 Å². The van der Waals surface area contributed by atoms with Crippen molar-refractivity contribution in [2.24, 2.45) is 11.3 Å². The first-order chi connectivity index (χ1) is 17.1.